The first kappa shape index (κ1) is 17.1. The lowest BCUT2D eigenvalue weighted by molar-refractivity contribution is -0.133. The van der Waals surface area contributed by atoms with Crippen LogP contribution in [-0.4, -0.2) is 11.1 Å². The molecule has 0 spiro atoms. The highest BCUT2D eigenvalue weighted by Gasteiger charge is 2.23. The number of aliphatic hydroxyl groups is 1. The molecular weight excluding hydrogens is 288 g/mol. The van der Waals surface area contributed by atoms with Crippen molar-refractivity contribution in [3.8, 4) is 0 Å². The van der Waals surface area contributed by atoms with Crippen molar-refractivity contribution < 1.29 is 14.6 Å². The average Bonchev–Trinajstić information content (AvgIpc) is 2.53. The van der Waals surface area contributed by atoms with Crippen molar-refractivity contribution in [3.05, 3.63) is 64.6 Å². The van der Waals surface area contributed by atoms with E-state index in [1.165, 1.54) is 17.2 Å². The Kier molecular flexibility index (Phi) is 5.80. The van der Waals surface area contributed by atoms with Gasteiger partial charge in [0.2, 0.25) is 0 Å². The van der Waals surface area contributed by atoms with E-state index in [-0.39, 0.29) is 11.7 Å². The lowest BCUT2D eigenvalue weighted by Gasteiger charge is -2.20. The van der Waals surface area contributed by atoms with Crippen LogP contribution in [0.15, 0.2) is 47.9 Å². The number of esters is 1. The van der Waals surface area contributed by atoms with Gasteiger partial charge in [0.25, 0.3) is 0 Å². The third-order valence-electron chi connectivity index (χ3n) is 3.87. The number of allylic oxidation sites excluding steroid dienone is 4. The maximum atomic E-state index is 12.5. The maximum Gasteiger partial charge on any atom is 0.343 e. The molecule has 0 amide bonds. The molecule has 1 aromatic carbocycles. The molecule has 0 fully saturated rings. The molecule has 23 heavy (non-hydrogen) atoms. The first-order chi connectivity index (χ1) is 11.1. The van der Waals surface area contributed by atoms with Crippen LogP contribution < -0.4 is 0 Å². The summed E-state index contributed by atoms with van der Waals surface area (Å²) in [5, 5.41) is 9.20. The van der Waals surface area contributed by atoms with E-state index in [1.807, 2.05) is 6.08 Å². The largest absolute Gasteiger partial charge is 0.513 e. The Morgan fingerprint density at radius 1 is 1.30 bits per heavy atom. The van der Waals surface area contributed by atoms with Gasteiger partial charge in [0.05, 0.1) is 11.3 Å². The zero-order valence-electron chi connectivity index (χ0n) is 14.1. The van der Waals surface area contributed by atoms with Crippen LogP contribution in [0.5, 0.6) is 0 Å². The first-order valence-corrected chi connectivity index (χ1v) is 8.16. The van der Waals surface area contributed by atoms with Crippen LogP contribution in [0.4, 0.5) is 0 Å². The van der Waals surface area contributed by atoms with Gasteiger partial charge in [0.1, 0.15) is 5.76 Å². The number of aryl methyl sites for hydroxylation is 2. The lowest BCUT2D eigenvalue weighted by Crippen LogP contribution is -2.14. The smallest absolute Gasteiger partial charge is 0.343 e. The van der Waals surface area contributed by atoms with Crippen molar-refractivity contribution in [1.29, 1.82) is 0 Å². The molecule has 1 aromatic rings. The normalized spacial score (nSPS) is 17.2. The van der Waals surface area contributed by atoms with Crippen LogP contribution in [0.2, 0.25) is 0 Å². The molecular formula is C20H24O3. The Balaban J connectivity index is 2.41. The molecule has 3 nitrogen and oxygen atoms in total. The Labute approximate surface area is 138 Å². The van der Waals surface area contributed by atoms with E-state index >= 15 is 0 Å². The van der Waals surface area contributed by atoms with Gasteiger partial charge in [-0.2, -0.15) is 0 Å². The molecule has 0 bridgehead atoms. The van der Waals surface area contributed by atoms with Crippen molar-refractivity contribution in [2.45, 2.75) is 46.5 Å². The van der Waals surface area contributed by atoms with Crippen molar-refractivity contribution >= 4 is 11.5 Å². The summed E-state index contributed by atoms with van der Waals surface area (Å²) in [5.41, 5.74) is 4.08. The number of carbonyl (C=O) groups excluding carboxylic acids is 1. The third kappa shape index (κ3) is 4.13. The van der Waals surface area contributed by atoms with E-state index < -0.39 is 0 Å². The standard InChI is InChI=1S/C20H24O3/c1-4-7-16-9-6-8-15(5-2)19(16)18-13-12-17(23-20(18)22)11-10-14(3)21/h6,8-11,13,21H,4-5,7,12H2,1-3H3/b14-10+,17-11+. The van der Waals surface area contributed by atoms with Crippen LogP contribution in [-0.2, 0) is 22.4 Å². The molecule has 0 aromatic heterocycles. The molecule has 1 heterocycles. The molecule has 0 radical (unpaired) electrons. The number of carbonyl (C=O) groups is 1. The number of ether oxygens (including phenoxy) is 1. The molecule has 0 unspecified atom stereocenters. The van der Waals surface area contributed by atoms with Gasteiger partial charge in [-0.15, -0.1) is 0 Å². The summed E-state index contributed by atoms with van der Waals surface area (Å²) < 4.78 is 5.43. The summed E-state index contributed by atoms with van der Waals surface area (Å²) in [4.78, 5) is 12.5. The van der Waals surface area contributed by atoms with Crippen molar-refractivity contribution in [1.82, 2.24) is 0 Å². The topological polar surface area (TPSA) is 46.5 Å². The van der Waals surface area contributed by atoms with E-state index in [1.54, 1.807) is 13.0 Å². The zero-order valence-corrected chi connectivity index (χ0v) is 14.1. The van der Waals surface area contributed by atoms with E-state index in [0.717, 1.165) is 24.8 Å². The molecule has 0 atom stereocenters. The molecule has 122 valence electrons. The van der Waals surface area contributed by atoms with E-state index in [4.69, 9.17) is 4.74 Å². The highest BCUT2D eigenvalue weighted by atomic mass is 16.5. The highest BCUT2D eigenvalue weighted by molar-refractivity contribution is 6.18. The van der Waals surface area contributed by atoms with Crippen LogP contribution in [0.1, 0.15) is 50.3 Å². The zero-order chi connectivity index (χ0) is 16.8. The van der Waals surface area contributed by atoms with Gasteiger partial charge in [-0.25, -0.2) is 4.79 Å². The highest BCUT2D eigenvalue weighted by Crippen LogP contribution is 2.31. The molecule has 2 rings (SSSR count). The number of hydrogen-bond donors (Lipinski definition) is 1. The molecule has 0 aliphatic carbocycles. The van der Waals surface area contributed by atoms with Crippen molar-refractivity contribution in [2.75, 3.05) is 0 Å². The van der Waals surface area contributed by atoms with Gasteiger partial charge < -0.3 is 9.84 Å². The summed E-state index contributed by atoms with van der Waals surface area (Å²) in [6.45, 7) is 5.82. The molecule has 1 aliphatic heterocycles. The predicted octanol–water partition coefficient (Wildman–Crippen LogP) is 4.88. The SMILES string of the molecule is CCCc1cccc(CC)c1C1=CC/C(=C\C=C(/C)O)OC1=O. The molecule has 1 aliphatic rings. The second-order valence-corrected chi connectivity index (χ2v) is 5.71. The Morgan fingerprint density at radius 3 is 2.65 bits per heavy atom. The quantitative estimate of drug-likeness (QED) is 0.623. The molecule has 3 heteroatoms. The minimum Gasteiger partial charge on any atom is -0.513 e. The van der Waals surface area contributed by atoms with Gasteiger partial charge in [0, 0.05) is 6.42 Å². The fraction of sp³-hybridized carbons (Fsp3) is 0.350. The van der Waals surface area contributed by atoms with Crippen LogP contribution in [0.3, 0.4) is 0 Å². The number of rotatable bonds is 5. The number of benzene rings is 1. The number of aliphatic hydroxyl groups excluding tert-OH is 1. The summed E-state index contributed by atoms with van der Waals surface area (Å²) >= 11 is 0. The molecule has 1 N–H and O–H groups in total. The van der Waals surface area contributed by atoms with Crippen LogP contribution in [0.25, 0.3) is 5.57 Å². The lowest BCUT2D eigenvalue weighted by atomic mass is 9.89. The van der Waals surface area contributed by atoms with Gasteiger partial charge in [-0.3, -0.25) is 0 Å². The van der Waals surface area contributed by atoms with Gasteiger partial charge in [0.15, 0.2) is 0 Å². The summed E-state index contributed by atoms with van der Waals surface area (Å²) in [7, 11) is 0. The van der Waals surface area contributed by atoms with Crippen molar-refractivity contribution in [2.24, 2.45) is 0 Å². The Morgan fingerprint density at radius 2 is 2.04 bits per heavy atom. The Hall–Kier alpha value is -2.29. The summed E-state index contributed by atoms with van der Waals surface area (Å²) in [5.74, 6) is 0.424. The number of cyclic esters (lactones) is 1. The second kappa shape index (κ2) is 7.82. The fourth-order valence-electron chi connectivity index (χ4n) is 2.79. The maximum absolute atomic E-state index is 12.5. The van der Waals surface area contributed by atoms with Gasteiger partial charge in [-0.05, 0) is 48.6 Å². The predicted molar refractivity (Wildman–Crippen MR) is 93.0 cm³/mol. The second-order valence-electron chi connectivity index (χ2n) is 5.71. The monoisotopic (exact) mass is 312 g/mol. The van der Waals surface area contributed by atoms with Crippen LogP contribution >= 0.6 is 0 Å². The van der Waals surface area contributed by atoms with Crippen molar-refractivity contribution in [3.63, 3.8) is 0 Å². The summed E-state index contributed by atoms with van der Waals surface area (Å²) in [6, 6.07) is 6.23. The number of hydrogen-bond acceptors (Lipinski definition) is 3. The van der Waals surface area contributed by atoms with E-state index in [9.17, 15) is 9.90 Å². The first-order valence-electron chi connectivity index (χ1n) is 8.16. The van der Waals surface area contributed by atoms with E-state index in [0.29, 0.717) is 17.8 Å². The van der Waals surface area contributed by atoms with E-state index in [2.05, 4.69) is 32.0 Å². The van der Waals surface area contributed by atoms with Gasteiger partial charge >= 0.3 is 5.97 Å². The van der Waals surface area contributed by atoms with Crippen LogP contribution in [0, 0.1) is 0 Å². The van der Waals surface area contributed by atoms with Gasteiger partial charge in [-0.1, -0.05) is 44.5 Å². The molecule has 0 saturated heterocycles. The summed E-state index contributed by atoms with van der Waals surface area (Å²) in [6.07, 6.45) is 8.52. The average molecular weight is 312 g/mol. The Bertz CT molecular complexity index is 674. The minimum absolute atomic E-state index is 0.185. The minimum atomic E-state index is -0.315. The third-order valence-corrected chi connectivity index (χ3v) is 3.87. The molecule has 0 saturated carbocycles. The fourth-order valence-corrected chi connectivity index (χ4v) is 2.79.